The van der Waals surface area contributed by atoms with Crippen molar-refractivity contribution in [2.75, 3.05) is 20.1 Å². The van der Waals surface area contributed by atoms with Crippen LogP contribution in [0.5, 0.6) is 0 Å². The largest absolute Gasteiger partial charge is 0.354 e. The summed E-state index contributed by atoms with van der Waals surface area (Å²) < 4.78 is 25.5. The Hall–Kier alpha value is -0.630. The molecule has 5 nitrogen and oxygen atoms in total. The van der Waals surface area contributed by atoms with Crippen molar-refractivity contribution >= 4 is 38.9 Å². The summed E-state index contributed by atoms with van der Waals surface area (Å²) in [7, 11) is -1.97. The zero-order chi connectivity index (χ0) is 13.8. The summed E-state index contributed by atoms with van der Waals surface area (Å²) in [5, 5.41) is 3.64. The molecule has 1 heterocycles. The van der Waals surface area contributed by atoms with Crippen molar-refractivity contribution in [1.29, 1.82) is 0 Å². The first-order valence-corrected chi connectivity index (χ1v) is 8.03. The van der Waals surface area contributed by atoms with Gasteiger partial charge in [0.05, 0.1) is 0 Å². The third-order valence-corrected chi connectivity index (χ3v) is 5.67. The summed E-state index contributed by atoms with van der Waals surface area (Å²) in [6.07, 6.45) is 0. The van der Waals surface area contributed by atoms with E-state index >= 15 is 0 Å². The van der Waals surface area contributed by atoms with Crippen LogP contribution in [0.2, 0.25) is 0 Å². The summed E-state index contributed by atoms with van der Waals surface area (Å²) in [5.74, 6) is -0.307. The maximum atomic E-state index is 12.0. The van der Waals surface area contributed by atoms with Crippen LogP contribution in [0.15, 0.2) is 21.7 Å². The van der Waals surface area contributed by atoms with E-state index in [0.717, 1.165) is 11.3 Å². The van der Waals surface area contributed by atoms with Crippen molar-refractivity contribution in [2.45, 2.75) is 16.5 Å². The van der Waals surface area contributed by atoms with Crippen LogP contribution in [-0.2, 0) is 14.8 Å². The van der Waals surface area contributed by atoms with Crippen LogP contribution in [-0.4, -0.2) is 44.1 Å². The topological polar surface area (TPSA) is 66.5 Å². The molecular formula is C10H15ClN2O3S2. The fourth-order valence-corrected chi connectivity index (χ4v) is 3.61. The lowest BCUT2D eigenvalue weighted by Crippen LogP contribution is -2.38. The lowest BCUT2D eigenvalue weighted by Gasteiger charge is -2.16. The highest BCUT2D eigenvalue weighted by atomic mass is 35.5. The van der Waals surface area contributed by atoms with Gasteiger partial charge in [0.2, 0.25) is 5.91 Å². The van der Waals surface area contributed by atoms with Crippen molar-refractivity contribution in [3.8, 4) is 0 Å². The second-order valence-corrected chi connectivity index (χ2v) is 7.54. The zero-order valence-corrected chi connectivity index (χ0v) is 12.5. The standard InChI is InChI=1S/C10H15ClN2O3S2/c1-8(11)10(14)12-5-6-13(2)18(15,16)9-4-3-7-17-9/h3-4,7-8H,5-6H2,1-2H3,(H,12,14). The molecule has 0 bridgehead atoms. The van der Waals surface area contributed by atoms with Gasteiger partial charge in [0.25, 0.3) is 10.0 Å². The molecule has 102 valence electrons. The minimum absolute atomic E-state index is 0.204. The Labute approximate surface area is 116 Å². The summed E-state index contributed by atoms with van der Waals surface area (Å²) in [6, 6.07) is 3.23. The molecule has 8 heteroatoms. The Morgan fingerprint density at radius 1 is 1.61 bits per heavy atom. The van der Waals surface area contributed by atoms with E-state index in [1.807, 2.05) is 0 Å². The molecule has 1 aromatic heterocycles. The van der Waals surface area contributed by atoms with Crippen LogP contribution in [0.1, 0.15) is 6.92 Å². The molecule has 0 spiro atoms. The molecule has 1 atom stereocenters. The molecule has 1 N–H and O–H groups in total. The second kappa shape index (κ2) is 6.51. The number of thiophene rings is 1. The molecule has 1 amide bonds. The van der Waals surface area contributed by atoms with E-state index in [1.54, 1.807) is 24.4 Å². The first-order chi connectivity index (χ1) is 8.35. The van der Waals surface area contributed by atoms with E-state index in [9.17, 15) is 13.2 Å². The van der Waals surface area contributed by atoms with E-state index < -0.39 is 15.4 Å². The van der Waals surface area contributed by atoms with Gasteiger partial charge in [0.1, 0.15) is 9.59 Å². The number of amides is 1. The molecule has 0 radical (unpaired) electrons. The number of hydrogen-bond acceptors (Lipinski definition) is 4. The number of hydrogen-bond donors (Lipinski definition) is 1. The quantitative estimate of drug-likeness (QED) is 0.801. The van der Waals surface area contributed by atoms with E-state index in [2.05, 4.69) is 5.32 Å². The normalized spacial score (nSPS) is 13.6. The van der Waals surface area contributed by atoms with Crippen molar-refractivity contribution < 1.29 is 13.2 Å². The SMILES string of the molecule is CC(Cl)C(=O)NCCN(C)S(=O)(=O)c1cccs1. The highest BCUT2D eigenvalue weighted by Gasteiger charge is 2.21. The van der Waals surface area contributed by atoms with Gasteiger partial charge >= 0.3 is 0 Å². The Morgan fingerprint density at radius 3 is 2.78 bits per heavy atom. The number of nitrogens with zero attached hydrogens (tertiary/aromatic N) is 1. The first-order valence-electron chi connectivity index (χ1n) is 5.27. The van der Waals surface area contributed by atoms with Gasteiger partial charge < -0.3 is 5.32 Å². The lowest BCUT2D eigenvalue weighted by atomic mass is 10.4. The maximum Gasteiger partial charge on any atom is 0.252 e. The van der Waals surface area contributed by atoms with Crippen molar-refractivity contribution in [3.05, 3.63) is 17.5 Å². The van der Waals surface area contributed by atoms with E-state index in [-0.39, 0.29) is 19.0 Å². The summed E-state index contributed by atoms with van der Waals surface area (Å²) in [4.78, 5) is 11.2. The number of likely N-dealkylation sites (N-methyl/N-ethyl adjacent to an activating group) is 1. The van der Waals surface area contributed by atoms with Gasteiger partial charge in [0.15, 0.2) is 0 Å². The third-order valence-electron chi connectivity index (χ3n) is 2.25. The van der Waals surface area contributed by atoms with Gasteiger partial charge in [-0.15, -0.1) is 22.9 Å². The highest BCUT2D eigenvalue weighted by molar-refractivity contribution is 7.91. The second-order valence-electron chi connectivity index (χ2n) is 3.67. The van der Waals surface area contributed by atoms with Crippen LogP contribution in [0.4, 0.5) is 0 Å². The number of halogens is 1. The minimum Gasteiger partial charge on any atom is -0.354 e. The zero-order valence-electron chi connectivity index (χ0n) is 10.1. The molecule has 0 aliphatic rings. The Bertz CT molecular complexity index is 485. The van der Waals surface area contributed by atoms with E-state index in [4.69, 9.17) is 11.6 Å². The monoisotopic (exact) mass is 310 g/mol. The summed E-state index contributed by atoms with van der Waals surface area (Å²) in [5.41, 5.74) is 0. The number of sulfonamides is 1. The molecule has 0 aliphatic carbocycles. The fourth-order valence-electron chi connectivity index (χ4n) is 1.16. The molecule has 0 saturated heterocycles. The van der Waals surface area contributed by atoms with Crippen molar-refractivity contribution in [2.24, 2.45) is 0 Å². The first kappa shape index (κ1) is 15.4. The summed E-state index contributed by atoms with van der Waals surface area (Å²) >= 11 is 6.74. The predicted octanol–water partition coefficient (Wildman–Crippen LogP) is 1.11. The van der Waals surface area contributed by atoms with Crippen LogP contribution < -0.4 is 5.32 Å². The fraction of sp³-hybridized carbons (Fsp3) is 0.500. The molecule has 1 unspecified atom stereocenters. The average Bonchev–Trinajstić information content (AvgIpc) is 2.82. The minimum atomic E-state index is -3.45. The lowest BCUT2D eigenvalue weighted by molar-refractivity contribution is -0.120. The molecule has 1 aromatic rings. The molecule has 0 aromatic carbocycles. The van der Waals surface area contributed by atoms with Gasteiger partial charge in [-0.3, -0.25) is 4.79 Å². The van der Waals surface area contributed by atoms with Gasteiger partial charge in [-0.2, -0.15) is 4.31 Å². The van der Waals surface area contributed by atoms with Gasteiger partial charge in [-0.05, 0) is 18.4 Å². The number of carbonyl (C=O) groups is 1. The van der Waals surface area contributed by atoms with Crippen LogP contribution >= 0.6 is 22.9 Å². The van der Waals surface area contributed by atoms with E-state index in [1.165, 1.54) is 11.4 Å². The summed E-state index contributed by atoms with van der Waals surface area (Å²) in [6.45, 7) is 2.00. The van der Waals surface area contributed by atoms with Crippen molar-refractivity contribution in [3.63, 3.8) is 0 Å². The number of nitrogens with one attached hydrogen (secondary N) is 1. The van der Waals surface area contributed by atoms with Crippen LogP contribution in [0, 0.1) is 0 Å². The smallest absolute Gasteiger partial charge is 0.252 e. The van der Waals surface area contributed by atoms with E-state index in [0.29, 0.717) is 4.21 Å². The molecular weight excluding hydrogens is 296 g/mol. The highest BCUT2D eigenvalue weighted by Crippen LogP contribution is 2.19. The molecule has 0 fully saturated rings. The van der Waals surface area contributed by atoms with Crippen molar-refractivity contribution in [1.82, 2.24) is 9.62 Å². The number of carbonyl (C=O) groups excluding carboxylic acids is 1. The van der Waals surface area contributed by atoms with Gasteiger partial charge in [-0.1, -0.05) is 6.07 Å². The number of rotatable bonds is 6. The number of alkyl halides is 1. The average molecular weight is 311 g/mol. The molecule has 0 saturated carbocycles. The van der Waals surface area contributed by atoms with Crippen LogP contribution in [0.3, 0.4) is 0 Å². The van der Waals surface area contributed by atoms with Crippen LogP contribution in [0.25, 0.3) is 0 Å². The van der Waals surface area contributed by atoms with Gasteiger partial charge in [-0.25, -0.2) is 8.42 Å². The van der Waals surface area contributed by atoms with Gasteiger partial charge in [0, 0.05) is 20.1 Å². The Morgan fingerprint density at radius 2 is 2.28 bits per heavy atom. The molecule has 1 rings (SSSR count). The Kier molecular flexibility index (Phi) is 5.58. The maximum absolute atomic E-state index is 12.0. The predicted molar refractivity (Wildman–Crippen MR) is 72.5 cm³/mol. The Balaban J connectivity index is 2.51. The molecule has 18 heavy (non-hydrogen) atoms. The third kappa shape index (κ3) is 3.94. The molecule has 0 aliphatic heterocycles.